The van der Waals surface area contributed by atoms with Gasteiger partial charge in [-0.1, -0.05) is 0 Å². The average Bonchev–Trinajstić information content (AvgIpc) is 2.38. The lowest BCUT2D eigenvalue weighted by atomic mass is 10.1. The van der Waals surface area contributed by atoms with Crippen molar-refractivity contribution in [2.45, 2.75) is 45.2 Å². The van der Waals surface area contributed by atoms with E-state index < -0.39 is 6.04 Å². The standard InChI is InChI=1S/C13H23ClN2O3/c1-10(2)15-13(18)11-9-19-8-7-16(11)12(17)5-3-4-6-14/h10-11H,3-9H2,1-2H3,(H,15,18). The molecule has 2 amide bonds. The minimum Gasteiger partial charge on any atom is -0.377 e. The Hall–Kier alpha value is -0.810. The molecule has 0 saturated carbocycles. The fraction of sp³-hybridized carbons (Fsp3) is 0.846. The topological polar surface area (TPSA) is 58.6 Å². The number of nitrogens with zero attached hydrogens (tertiary/aromatic N) is 1. The first-order valence-electron chi connectivity index (χ1n) is 6.79. The van der Waals surface area contributed by atoms with E-state index in [0.717, 1.165) is 12.8 Å². The van der Waals surface area contributed by atoms with Gasteiger partial charge in [-0.05, 0) is 26.7 Å². The summed E-state index contributed by atoms with van der Waals surface area (Å²) in [6, 6.07) is -0.442. The second-order valence-electron chi connectivity index (χ2n) is 4.99. The number of hydrogen-bond acceptors (Lipinski definition) is 3. The zero-order valence-corrected chi connectivity index (χ0v) is 12.4. The van der Waals surface area contributed by atoms with Crippen LogP contribution in [0.4, 0.5) is 0 Å². The van der Waals surface area contributed by atoms with Crippen LogP contribution in [0.15, 0.2) is 0 Å². The molecule has 5 nitrogen and oxygen atoms in total. The number of unbranched alkanes of at least 4 members (excludes halogenated alkanes) is 1. The number of alkyl halides is 1. The zero-order valence-electron chi connectivity index (χ0n) is 11.7. The fourth-order valence-electron chi connectivity index (χ4n) is 2.01. The minimum absolute atomic E-state index is 0.0114. The highest BCUT2D eigenvalue weighted by Gasteiger charge is 2.32. The van der Waals surface area contributed by atoms with Crippen molar-refractivity contribution < 1.29 is 14.3 Å². The number of carbonyl (C=O) groups is 2. The summed E-state index contributed by atoms with van der Waals surface area (Å²) >= 11 is 5.60. The molecule has 0 aromatic carbocycles. The van der Waals surface area contributed by atoms with Gasteiger partial charge in [0.05, 0.1) is 13.2 Å². The highest BCUT2D eigenvalue weighted by atomic mass is 35.5. The Labute approximate surface area is 119 Å². The van der Waals surface area contributed by atoms with Crippen molar-refractivity contribution in [1.82, 2.24) is 10.2 Å². The van der Waals surface area contributed by atoms with Gasteiger partial charge in [-0.25, -0.2) is 0 Å². The molecule has 110 valence electrons. The third kappa shape index (κ3) is 5.37. The summed E-state index contributed by atoms with van der Waals surface area (Å²) < 4.78 is 5.32. The molecule has 1 heterocycles. The van der Waals surface area contributed by atoms with Gasteiger partial charge in [0.15, 0.2) is 0 Å². The Bertz CT molecular complexity index is 310. The minimum atomic E-state index is -0.500. The van der Waals surface area contributed by atoms with E-state index in [4.69, 9.17) is 16.3 Å². The Morgan fingerprint density at radius 1 is 1.42 bits per heavy atom. The van der Waals surface area contributed by atoms with Gasteiger partial charge in [-0.15, -0.1) is 11.6 Å². The zero-order chi connectivity index (χ0) is 14.3. The van der Waals surface area contributed by atoms with Gasteiger partial charge in [0, 0.05) is 24.9 Å². The van der Waals surface area contributed by atoms with Crippen LogP contribution in [0.3, 0.4) is 0 Å². The highest BCUT2D eigenvalue weighted by Crippen LogP contribution is 2.11. The van der Waals surface area contributed by atoms with Crippen molar-refractivity contribution in [2.75, 3.05) is 25.6 Å². The number of amides is 2. The summed E-state index contributed by atoms with van der Waals surface area (Å²) in [6.07, 6.45) is 2.02. The van der Waals surface area contributed by atoms with Gasteiger partial charge in [0.1, 0.15) is 6.04 Å². The van der Waals surface area contributed by atoms with E-state index in [1.165, 1.54) is 0 Å². The van der Waals surface area contributed by atoms with Crippen LogP contribution in [0.1, 0.15) is 33.1 Å². The Morgan fingerprint density at radius 2 is 2.16 bits per heavy atom. The number of ether oxygens (including phenoxy) is 1. The summed E-state index contributed by atoms with van der Waals surface area (Å²) in [4.78, 5) is 25.8. The van der Waals surface area contributed by atoms with Crippen molar-refractivity contribution in [1.29, 1.82) is 0 Å². The fourth-order valence-corrected chi connectivity index (χ4v) is 2.20. The summed E-state index contributed by atoms with van der Waals surface area (Å²) in [6.45, 7) is 5.05. The number of halogens is 1. The van der Waals surface area contributed by atoms with E-state index in [1.54, 1.807) is 4.90 Å². The smallest absolute Gasteiger partial charge is 0.245 e. The molecule has 1 N–H and O–H groups in total. The molecule has 1 unspecified atom stereocenters. The van der Waals surface area contributed by atoms with Crippen molar-refractivity contribution in [2.24, 2.45) is 0 Å². The van der Waals surface area contributed by atoms with E-state index >= 15 is 0 Å². The Balaban J connectivity index is 2.56. The van der Waals surface area contributed by atoms with Crippen molar-refractivity contribution >= 4 is 23.4 Å². The quantitative estimate of drug-likeness (QED) is 0.590. The molecule has 1 aliphatic rings. The first-order chi connectivity index (χ1) is 9.06. The predicted molar refractivity (Wildman–Crippen MR) is 74.2 cm³/mol. The average molecular weight is 291 g/mol. The van der Waals surface area contributed by atoms with E-state index in [0.29, 0.717) is 25.5 Å². The molecule has 1 aliphatic heterocycles. The number of hydrogen-bond donors (Lipinski definition) is 1. The van der Waals surface area contributed by atoms with Crippen molar-refractivity contribution in [3.63, 3.8) is 0 Å². The molecule has 6 heteroatoms. The van der Waals surface area contributed by atoms with Crippen molar-refractivity contribution in [3.05, 3.63) is 0 Å². The SMILES string of the molecule is CC(C)NC(=O)C1COCCN1C(=O)CCCCCl. The van der Waals surface area contributed by atoms with Crippen LogP contribution in [0, 0.1) is 0 Å². The lowest BCUT2D eigenvalue weighted by Gasteiger charge is -2.35. The summed E-state index contributed by atoms with van der Waals surface area (Å²) in [7, 11) is 0. The second-order valence-corrected chi connectivity index (χ2v) is 5.37. The lowest BCUT2D eigenvalue weighted by Crippen LogP contribution is -2.56. The highest BCUT2D eigenvalue weighted by molar-refractivity contribution is 6.17. The molecule has 0 spiro atoms. The van der Waals surface area contributed by atoms with E-state index in [1.807, 2.05) is 13.8 Å². The third-order valence-electron chi connectivity index (χ3n) is 2.96. The normalized spacial score (nSPS) is 19.6. The second kappa shape index (κ2) is 8.38. The van der Waals surface area contributed by atoms with E-state index in [-0.39, 0.29) is 24.5 Å². The van der Waals surface area contributed by atoms with Crippen LogP contribution < -0.4 is 5.32 Å². The maximum absolute atomic E-state index is 12.1. The first-order valence-corrected chi connectivity index (χ1v) is 7.33. The van der Waals surface area contributed by atoms with Crippen LogP contribution in [-0.2, 0) is 14.3 Å². The molecule has 1 saturated heterocycles. The molecular formula is C13H23ClN2O3. The summed E-state index contributed by atoms with van der Waals surface area (Å²) in [5.74, 6) is 0.436. The predicted octanol–water partition coefficient (Wildman–Crippen LogP) is 1.15. The molecule has 0 bridgehead atoms. The first kappa shape index (κ1) is 16.2. The van der Waals surface area contributed by atoms with Gasteiger partial charge in [0.2, 0.25) is 11.8 Å². The van der Waals surface area contributed by atoms with Crippen LogP contribution in [-0.4, -0.2) is 54.4 Å². The molecule has 1 atom stereocenters. The van der Waals surface area contributed by atoms with Crippen LogP contribution >= 0.6 is 11.6 Å². The van der Waals surface area contributed by atoms with E-state index in [9.17, 15) is 9.59 Å². The number of morpholine rings is 1. The van der Waals surface area contributed by atoms with Crippen molar-refractivity contribution in [3.8, 4) is 0 Å². The number of rotatable bonds is 6. The molecular weight excluding hydrogens is 268 g/mol. The van der Waals surface area contributed by atoms with Gasteiger partial charge < -0.3 is 15.0 Å². The molecule has 1 fully saturated rings. The summed E-state index contributed by atoms with van der Waals surface area (Å²) in [5, 5.41) is 2.83. The largest absolute Gasteiger partial charge is 0.377 e. The molecule has 0 aromatic rings. The number of carbonyl (C=O) groups excluding carboxylic acids is 2. The molecule has 1 rings (SSSR count). The van der Waals surface area contributed by atoms with Crippen LogP contribution in [0.5, 0.6) is 0 Å². The third-order valence-corrected chi connectivity index (χ3v) is 3.22. The lowest BCUT2D eigenvalue weighted by molar-refractivity contribution is -0.148. The molecule has 0 radical (unpaired) electrons. The Morgan fingerprint density at radius 3 is 2.79 bits per heavy atom. The van der Waals surface area contributed by atoms with Crippen LogP contribution in [0.2, 0.25) is 0 Å². The van der Waals surface area contributed by atoms with Crippen LogP contribution in [0.25, 0.3) is 0 Å². The maximum atomic E-state index is 12.1. The van der Waals surface area contributed by atoms with Gasteiger partial charge >= 0.3 is 0 Å². The van der Waals surface area contributed by atoms with Gasteiger partial charge in [0.25, 0.3) is 0 Å². The molecule has 0 aliphatic carbocycles. The van der Waals surface area contributed by atoms with Gasteiger partial charge in [-0.3, -0.25) is 9.59 Å². The number of nitrogens with one attached hydrogen (secondary N) is 1. The maximum Gasteiger partial charge on any atom is 0.245 e. The summed E-state index contributed by atoms with van der Waals surface area (Å²) in [5.41, 5.74) is 0. The molecule has 19 heavy (non-hydrogen) atoms. The Kier molecular flexibility index (Phi) is 7.16. The van der Waals surface area contributed by atoms with E-state index in [2.05, 4.69) is 5.32 Å². The monoisotopic (exact) mass is 290 g/mol. The molecule has 0 aromatic heterocycles. The van der Waals surface area contributed by atoms with Gasteiger partial charge in [-0.2, -0.15) is 0 Å².